The van der Waals surface area contributed by atoms with Crippen molar-refractivity contribution >= 4 is 0 Å². The van der Waals surface area contributed by atoms with Crippen LogP contribution >= 0.6 is 0 Å². The number of hydrogen-bond donors (Lipinski definition) is 1. The van der Waals surface area contributed by atoms with Crippen LogP contribution in [0.2, 0.25) is 0 Å². The molecule has 1 fully saturated rings. The highest BCUT2D eigenvalue weighted by molar-refractivity contribution is 5.45. The Bertz CT molecular complexity index is 327. The topological polar surface area (TPSA) is 29.5 Å². The number of para-hydroxylation sites is 1. The number of aromatic hydroxyl groups is 1. The van der Waals surface area contributed by atoms with Gasteiger partial charge in [0.15, 0.2) is 11.5 Å². The number of phenolic OH excluding ortho intramolecular Hbond substituents is 1. The zero-order chi connectivity index (χ0) is 10.7. The lowest BCUT2D eigenvalue weighted by atomic mass is 9.97. The predicted molar refractivity (Wildman–Crippen MR) is 60.3 cm³/mol. The Hall–Kier alpha value is -1.18. The van der Waals surface area contributed by atoms with Crippen molar-refractivity contribution in [3.8, 4) is 11.5 Å². The van der Waals surface area contributed by atoms with Gasteiger partial charge in [-0.15, -0.1) is 0 Å². The van der Waals surface area contributed by atoms with Gasteiger partial charge in [0.2, 0.25) is 0 Å². The fourth-order valence-electron chi connectivity index (χ4n) is 2.42. The molecule has 0 heterocycles. The molecule has 0 saturated heterocycles. The van der Waals surface area contributed by atoms with Gasteiger partial charge in [-0.05, 0) is 24.0 Å². The first-order chi connectivity index (χ1) is 7.31. The van der Waals surface area contributed by atoms with Crippen molar-refractivity contribution in [1.82, 2.24) is 0 Å². The minimum Gasteiger partial charge on any atom is -0.504 e. The molecule has 2 rings (SSSR count). The molecule has 0 bridgehead atoms. The Morgan fingerprint density at radius 3 is 2.73 bits per heavy atom. The van der Waals surface area contributed by atoms with Gasteiger partial charge in [0, 0.05) is 0 Å². The van der Waals surface area contributed by atoms with E-state index >= 15 is 0 Å². The normalized spacial score (nSPS) is 16.9. The second-order valence-electron chi connectivity index (χ2n) is 4.32. The summed E-state index contributed by atoms with van der Waals surface area (Å²) in [6, 6.07) is 5.74. The average molecular weight is 206 g/mol. The van der Waals surface area contributed by atoms with Crippen molar-refractivity contribution in [2.75, 3.05) is 7.11 Å². The van der Waals surface area contributed by atoms with Gasteiger partial charge >= 0.3 is 0 Å². The molecule has 1 N–H and O–H groups in total. The van der Waals surface area contributed by atoms with Crippen LogP contribution in [0.1, 0.15) is 31.2 Å². The van der Waals surface area contributed by atoms with Crippen LogP contribution in [0.15, 0.2) is 18.2 Å². The lowest BCUT2D eigenvalue weighted by Gasteiger charge is -2.12. The fraction of sp³-hybridized carbons (Fsp3) is 0.538. The molecule has 2 nitrogen and oxygen atoms in total. The molecule has 1 saturated carbocycles. The van der Waals surface area contributed by atoms with E-state index in [0.717, 1.165) is 17.9 Å². The van der Waals surface area contributed by atoms with Crippen LogP contribution in [0.25, 0.3) is 0 Å². The molecule has 1 aromatic rings. The highest BCUT2D eigenvalue weighted by Gasteiger charge is 2.17. The minimum atomic E-state index is 0.326. The summed E-state index contributed by atoms with van der Waals surface area (Å²) in [4.78, 5) is 0. The smallest absolute Gasteiger partial charge is 0.160 e. The number of rotatable bonds is 3. The Morgan fingerprint density at radius 2 is 2.07 bits per heavy atom. The molecular formula is C13H18O2. The van der Waals surface area contributed by atoms with E-state index in [1.807, 2.05) is 12.1 Å². The molecular weight excluding hydrogens is 188 g/mol. The number of phenols is 1. The summed E-state index contributed by atoms with van der Waals surface area (Å²) in [6.45, 7) is 0. The SMILES string of the molecule is COc1cccc(CC2CCCC2)c1O. The monoisotopic (exact) mass is 206 g/mol. The molecule has 0 radical (unpaired) electrons. The maximum Gasteiger partial charge on any atom is 0.160 e. The van der Waals surface area contributed by atoms with E-state index in [9.17, 15) is 5.11 Å². The Morgan fingerprint density at radius 1 is 1.33 bits per heavy atom. The number of benzene rings is 1. The van der Waals surface area contributed by atoms with Gasteiger partial charge in [0.25, 0.3) is 0 Å². The fourth-order valence-corrected chi connectivity index (χ4v) is 2.42. The van der Waals surface area contributed by atoms with Crippen molar-refractivity contribution in [3.63, 3.8) is 0 Å². The van der Waals surface area contributed by atoms with E-state index in [4.69, 9.17) is 4.74 Å². The Labute approximate surface area is 90.9 Å². The second-order valence-corrected chi connectivity index (χ2v) is 4.32. The van der Waals surface area contributed by atoms with Crippen LogP contribution in [-0.4, -0.2) is 12.2 Å². The first-order valence-electron chi connectivity index (χ1n) is 5.66. The Kier molecular flexibility index (Phi) is 3.14. The van der Waals surface area contributed by atoms with E-state index < -0.39 is 0 Å². The van der Waals surface area contributed by atoms with E-state index in [1.165, 1.54) is 25.7 Å². The first-order valence-corrected chi connectivity index (χ1v) is 5.66. The molecule has 0 aromatic heterocycles. The van der Waals surface area contributed by atoms with Crippen molar-refractivity contribution in [2.45, 2.75) is 32.1 Å². The predicted octanol–water partition coefficient (Wildman–Crippen LogP) is 3.13. The van der Waals surface area contributed by atoms with Gasteiger partial charge in [-0.1, -0.05) is 37.8 Å². The third-order valence-electron chi connectivity index (χ3n) is 3.29. The van der Waals surface area contributed by atoms with Gasteiger partial charge in [-0.2, -0.15) is 0 Å². The van der Waals surface area contributed by atoms with Gasteiger partial charge in [-0.3, -0.25) is 0 Å². The van der Waals surface area contributed by atoms with Crippen molar-refractivity contribution in [3.05, 3.63) is 23.8 Å². The van der Waals surface area contributed by atoms with Crippen LogP contribution in [0.4, 0.5) is 0 Å². The van der Waals surface area contributed by atoms with Gasteiger partial charge < -0.3 is 9.84 Å². The maximum atomic E-state index is 9.92. The summed E-state index contributed by atoms with van der Waals surface area (Å²) in [5.41, 5.74) is 1.03. The average Bonchev–Trinajstić information content (AvgIpc) is 2.74. The summed E-state index contributed by atoms with van der Waals surface area (Å²) in [5, 5.41) is 9.92. The highest BCUT2D eigenvalue weighted by atomic mass is 16.5. The second kappa shape index (κ2) is 4.56. The van der Waals surface area contributed by atoms with E-state index in [-0.39, 0.29) is 0 Å². The molecule has 0 unspecified atom stereocenters. The molecule has 0 aliphatic heterocycles. The van der Waals surface area contributed by atoms with E-state index in [0.29, 0.717) is 11.5 Å². The lowest BCUT2D eigenvalue weighted by Crippen LogP contribution is -1.99. The molecule has 2 heteroatoms. The third-order valence-corrected chi connectivity index (χ3v) is 3.29. The molecule has 1 aliphatic rings. The lowest BCUT2D eigenvalue weighted by molar-refractivity contribution is 0.368. The Balaban J connectivity index is 2.13. The molecule has 15 heavy (non-hydrogen) atoms. The van der Waals surface area contributed by atoms with Crippen LogP contribution in [-0.2, 0) is 6.42 Å². The van der Waals surface area contributed by atoms with Gasteiger partial charge in [0.1, 0.15) is 0 Å². The van der Waals surface area contributed by atoms with Crippen molar-refractivity contribution in [1.29, 1.82) is 0 Å². The van der Waals surface area contributed by atoms with Crippen LogP contribution < -0.4 is 4.74 Å². The third kappa shape index (κ3) is 2.25. The summed E-state index contributed by atoms with van der Waals surface area (Å²) in [6.07, 6.45) is 6.28. The summed E-state index contributed by atoms with van der Waals surface area (Å²) in [5.74, 6) is 1.67. The molecule has 0 atom stereocenters. The molecule has 0 spiro atoms. The van der Waals surface area contributed by atoms with Gasteiger partial charge in [-0.25, -0.2) is 0 Å². The highest BCUT2D eigenvalue weighted by Crippen LogP contribution is 2.34. The van der Waals surface area contributed by atoms with E-state index in [1.54, 1.807) is 13.2 Å². The zero-order valence-electron chi connectivity index (χ0n) is 9.20. The quantitative estimate of drug-likeness (QED) is 0.823. The standard InChI is InChI=1S/C13H18O2/c1-15-12-8-4-7-11(13(12)14)9-10-5-2-3-6-10/h4,7-8,10,14H,2-3,5-6,9H2,1H3. The first kappa shape index (κ1) is 10.3. The molecule has 82 valence electrons. The minimum absolute atomic E-state index is 0.326. The van der Waals surface area contributed by atoms with Gasteiger partial charge in [0.05, 0.1) is 7.11 Å². The van der Waals surface area contributed by atoms with Crippen molar-refractivity contribution in [2.24, 2.45) is 5.92 Å². The molecule has 1 aromatic carbocycles. The summed E-state index contributed by atoms with van der Waals surface area (Å²) >= 11 is 0. The van der Waals surface area contributed by atoms with Crippen LogP contribution in [0.3, 0.4) is 0 Å². The van der Waals surface area contributed by atoms with E-state index in [2.05, 4.69) is 0 Å². The van der Waals surface area contributed by atoms with Crippen LogP contribution in [0.5, 0.6) is 11.5 Å². The largest absolute Gasteiger partial charge is 0.504 e. The molecule has 0 amide bonds. The zero-order valence-corrected chi connectivity index (χ0v) is 9.20. The number of ether oxygens (including phenoxy) is 1. The van der Waals surface area contributed by atoms with Crippen LogP contribution in [0, 0.1) is 5.92 Å². The number of methoxy groups -OCH3 is 1. The summed E-state index contributed by atoms with van der Waals surface area (Å²) in [7, 11) is 1.59. The van der Waals surface area contributed by atoms with Crippen molar-refractivity contribution < 1.29 is 9.84 Å². The maximum absolute atomic E-state index is 9.92. The number of hydrogen-bond acceptors (Lipinski definition) is 2. The summed E-state index contributed by atoms with van der Waals surface area (Å²) < 4.78 is 5.10. The molecule has 1 aliphatic carbocycles.